The van der Waals surface area contributed by atoms with Gasteiger partial charge in [-0.05, 0) is 24.3 Å². The van der Waals surface area contributed by atoms with Crippen molar-refractivity contribution in [3.8, 4) is 5.75 Å². The van der Waals surface area contributed by atoms with Crippen molar-refractivity contribution >= 4 is 17.5 Å². The molecule has 1 amide bonds. The molecule has 3 rings (SSSR count). The number of benzene rings is 1. The van der Waals surface area contributed by atoms with Crippen LogP contribution < -0.4 is 10.3 Å². The first-order valence-electron chi connectivity index (χ1n) is 8.35. The van der Waals surface area contributed by atoms with Crippen LogP contribution in [-0.2, 0) is 18.3 Å². The highest BCUT2D eigenvalue weighted by Crippen LogP contribution is 2.28. The van der Waals surface area contributed by atoms with Crippen molar-refractivity contribution in [3.05, 3.63) is 57.2 Å². The third-order valence-electron chi connectivity index (χ3n) is 4.33. The summed E-state index contributed by atoms with van der Waals surface area (Å²) in [6.07, 6.45) is 1.42. The van der Waals surface area contributed by atoms with Crippen LogP contribution in [0.1, 0.15) is 18.5 Å². The summed E-state index contributed by atoms with van der Waals surface area (Å²) in [6, 6.07) is 7.02. The maximum atomic E-state index is 13.1. The Morgan fingerprint density at radius 3 is 2.69 bits per heavy atom. The second-order valence-electron chi connectivity index (χ2n) is 6.24. The molecular weight excluding hydrogens is 361 g/mol. The molecule has 0 bridgehead atoms. The number of carbonyl (C=O) groups excluding carboxylic acids is 1. The Kier molecular flexibility index (Phi) is 5.56. The third-order valence-corrected chi connectivity index (χ3v) is 4.63. The molecule has 1 fully saturated rings. The van der Waals surface area contributed by atoms with Gasteiger partial charge in [0, 0.05) is 39.0 Å². The molecule has 0 saturated carbocycles. The van der Waals surface area contributed by atoms with Gasteiger partial charge in [0.15, 0.2) is 0 Å². The second-order valence-corrected chi connectivity index (χ2v) is 6.64. The van der Waals surface area contributed by atoms with Gasteiger partial charge in [-0.25, -0.2) is 9.07 Å². The molecule has 2 aromatic rings. The molecule has 0 N–H and O–H groups in total. The van der Waals surface area contributed by atoms with E-state index in [2.05, 4.69) is 5.10 Å². The number of halogens is 2. The molecule has 0 unspecified atom stereocenters. The topological polar surface area (TPSA) is 64.4 Å². The molecule has 0 spiro atoms. The largest absolute Gasteiger partial charge is 0.489 e. The minimum atomic E-state index is -0.408. The minimum Gasteiger partial charge on any atom is -0.489 e. The van der Waals surface area contributed by atoms with Crippen molar-refractivity contribution in [1.82, 2.24) is 14.7 Å². The average Bonchev–Trinajstić information content (AvgIpc) is 2.61. The van der Waals surface area contributed by atoms with Gasteiger partial charge in [0.1, 0.15) is 17.7 Å². The zero-order valence-electron chi connectivity index (χ0n) is 14.3. The number of rotatable bonds is 4. The highest BCUT2D eigenvalue weighted by atomic mass is 35.5. The predicted molar refractivity (Wildman–Crippen MR) is 94.8 cm³/mol. The second kappa shape index (κ2) is 7.86. The van der Waals surface area contributed by atoms with Crippen LogP contribution in [-0.4, -0.2) is 39.8 Å². The van der Waals surface area contributed by atoms with E-state index in [4.69, 9.17) is 16.3 Å². The average molecular weight is 380 g/mol. The van der Waals surface area contributed by atoms with Crippen LogP contribution in [0.25, 0.3) is 0 Å². The molecule has 6 nitrogen and oxygen atoms in total. The maximum absolute atomic E-state index is 13.1. The fourth-order valence-electron chi connectivity index (χ4n) is 2.89. The number of aryl methyl sites for hydroxylation is 1. The van der Waals surface area contributed by atoms with Crippen molar-refractivity contribution in [2.45, 2.75) is 25.4 Å². The van der Waals surface area contributed by atoms with Gasteiger partial charge < -0.3 is 9.64 Å². The molecule has 2 heterocycles. The van der Waals surface area contributed by atoms with Crippen molar-refractivity contribution in [2.75, 3.05) is 13.1 Å². The van der Waals surface area contributed by atoms with E-state index >= 15 is 0 Å². The fraction of sp³-hybridized carbons (Fsp3) is 0.389. The molecule has 1 aromatic heterocycles. The van der Waals surface area contributed by atoms with Gasteiger partial charge in [-0.15, -0.1) is 0 Å². The zero-order chi connectivity index (χ0) is 18.7. The van der Waals surface area contributed by atoms with Crippen LogP contribution in [0.3, 0.4) is 0 Å². The lowest BCUT2D eigenvalue weighted by atomic mass is 10.1. The van der Waals surface area contributed by atoms with E-state index in [1.165, 1.54) is 28.9 Å². The molecule has 1 aliphatic rings. The van der Waals surface area contributed by atoms with E-state index < -0.39 is 5.82 Å². The number of carbonyl (C=O) groups is 1. The molecule has 1 saturated heterocycles. The maximum Gasteiger partial charge on any atom is 0.266 e. The highest BCUT2D eigenvalue weighted by Gasteiger charge is 2.24. The summed E-state index contributed by atoms with van der Waals surface area (Å²) in [6.45, 7) is 1.13. The van der Waals surface area contributed by atoms with Gasteiger partial charge in [0.25, 0.3) is 5.56 Å². The van der Waals surface area contributed by atoms with Crippen LogP contribution in [0.5, 0.6) is 5.75 Å². The van der Waals surface area contributed by atoms with Crippen LogP contribution in [0.15, 0.2) is 35.1 Å². The Morgan fingerprint density at radius 1 is 1.31 bits per heavy atom. The quantitative estimate of drug-likeness (QED) is 0.816. The Balaban J connectivity index is 1.53. The lowest BCUT2D eigenvalue weighted by molar-refractivity contribution is -0.132. The smallest absolute Gasteiger partial charge is 0.266 e. The summed E-state index contributed by atoms with van der Waals surface area (Å²) in [5, 5.41) is 4.32. The van der Waals surface area contributed by atoms with Crippen molar-refractivity contribution in [3.63, 3.8) is 0 Å². The first-order chi connectivity index (χ1) is 12.4. The van der Waals surface area contributed by atoms with Gasteiger partial charge >= 0.3 is 0 Å². The van der Waals surface area contributed by atoms with E-state index in [-0.39, 0.29) is 29.0 Å². The first-order valence-corrected chi connectivity index (χ1v) is 8.73. The van der Waals surface area contributed by atoms with Crippen LogP contribution >= 0.6 is 11.6 Å². The molecule has 0 aliphatic carbocycles. The van der Waals surface area contributed by atoms with E-state index in [1.807, 2.05) is 0 Å². The minimum absolute atomic E-state index is 0.0330. The van der Waals surface area contributed by atoms with Crippen molar-refractivity contribution < 1.29 is 13.9 Å². The van der Waals surface area contributed by atoms with Crippen LogP contribution in [0, 0.1) is 5.82 Å². The third kappa shape index (κ3) is 4.40. The summed E-state index contributed by atoms with van der Waals surface area (Å²) in [4.78, 5) is 25.5. The molecular formula is C18H19ClFN3O3. The van der Waals surface area contributed by atoms with E-state index in [0.717, 1.165) is 0 Å². The molecule has 1 aliphatic heterocycles. The number of ether oxygens (including phenoxy) is 1. The lowest BCUT2D eigenvalue weighted by Crippen LogP contribution is -2.42. The molecule has 8 heteroatoms. The van der Waals surface area contributed by atoms with Gasteiger partial charge in [0.2, 0.25) is 5.91 Å². The van der Waals surface area contributed by atoms with E-state index in [0.29, 0.717) is 37.4 Å². The Hall–Kier alpha value is -2.41. The summed E-state index contributed by atoms with van der Waals surface area (Å²) >= 11 is 5.98. The highest BCUT2D eigenvalue weighted by molar-refractivity contribution is 6.32. The van der Waals surface area contributed by atoms with Gasteiger partial charge in [-0.1, -0.05) is 11.6 Å². The van der Waals surface area contributed by atoms with Crippen molar-refractivity contribution in [2.24, 2.45) is 7.05 Å². The Bertz CT molecular complexity index is 863. The monoisotopic (exact) mass is 379 g/mol. The Labute approximate surface area is 155 Å². The lowest BCUT2D eigenvalue weighted by Gasteiger charge is -2.32. The summed E-state index contributed by atoms with van der Waals surface area (Å²) in [5.74, 6) is 0.0106. The summed E-state index contributed by atoms with van der Waals surface area (Å²) in [5.41, 5.74) is 0.354. The number of piperidine rings is 1. The van der Waals surface area contributed by atoms with Crippen molar-refractivity contribution in [1.29, 1.82) is 0 Å². The standard InChI is InChI=1S/C18H19ClFN3O3/c1-22-17(24)5-3-13(21-22)11-18(25)23-8-6-14(7-9-23)26-16-4-2-12(20)10-15(16)19/h2-5,10,14H,6-9,11H2,1H3. The first kappa shape index (κ1) is 18.4. The van der Waals surface area contributed by atoms with E-state index in [9.17, 15) is 14.0 Å². The van der Waals surface area contributed by atoms with E-state index in [1.54, 1.807) is 18.0 Å². The SMILES string of the molecule is Cn1nc(CC(=O)N2CCC(Oc3ccc(F)cc3Cl)CC2)ccc1=O. The molecule has 138 valence electrons. The number of amides is 1. The number of aromatic nitrogens is 2. The number of hydrogen-bond acceptors (Lipinski definition) is 4. The molecule has 1 aromatic carbocycles. The number of hydrogen-bond donors (Lipinski definition) is 0. The molecule has 0 radical (unpaired) electrons. The predicted octanol–water partition coefficient (Wildman–Crippen LogP) is 2.19. The van der Waals surface area contributed by atoms with Gasteiger partial charge in [0.05, 0.1) is 17.1 Å². The summed E-state index contributed by atoms with van der Waals surface area (Å²) < 4.78 is 20.1. The molecule has 0 atom stereocenters. The number of likely N-dealkylation sites (tertiary alicyclic amines) is 1. The molecule has 26 heavy (non-hydrogen) atoms. The zero-order valence-corrected chi connectivity index (χ0v) is 15.1. The fourth-order valence-corrected chi connectivity index (χ4v) is 3.10. The van der Waals surface area contributed by atoms with Crippen LogP contribution in [0.2, 0.25) is 5.02 Å². The van der Waals surface area contributed by atoms with Gasteiger partial charge in [-0.3, -0.25) is 9.59 Å². The number of nitrogens with zero attached hydrogens (tertiary/aromatic N) is 3. The Morgan fingerprint density at radius 2 is 2.04 bits per heavy atom. The summed E-state index contributed by atoms with van der Waals surface area (Å²) in [7, 11) is 1.56. The van der Waals surface area contributed by atoms with Gasteiger partial charge in [-0.2, -0.15) is 5.10 Å². The van der Waals surface area contributed by atoms with Crippen LogP contribution in [0.4, 0.5) is 4.39 Å². The normalized spacial score (nSPS) is 15.1.